The Morgan fingerprint density at radius 2 is 0.618 bits per heavy atom. The van der Waals surface area contributed by atoms with Crippen molar-refractivity contribution in [3.8, 4) is 11.5 Å². The van der Waals surface area contributed by atoms with Gasteiger partial charge in [0.1, 0.15) is 60.8 Å². The maximum atomic E-state index is 6.31. The Kier molecular flexibility index (Phi) is 26.9. The predicted molar refractivity (Wildman–Crippen MR) is 254 cm³/mol. The molecule has 378 valence electrons. The monoisotopic (exact) mass is 958 g/mol. The summed E-state index contributed by atoms with van der Waals surface area (Å²) in [6.07, 6.45) is 3.75. The Balaban J connectivity index is 1.42. The lowest BCUT2D eigenvalue weighted by molar-refractivity contribution is 0.0158. The van der Waals surface area contributed by atoms with Gasteiger partial charge in [0.05, 0.1) is 155 Å². The second-order valence-electron chi connectivity index (χ2n) is 14.7. The molecule has 2 aliphatic rings. The van der Waals surface area contributed by atoms with Crippen molar-refractivity contribution in [2.45, 2.75) is 0 Å². The van der Waals surface area contributed by atoms with Crippen LogP contribution in [0.4, 0.5) is 0 Å². The molecule has 0 radical (unpaired) electrons. The second-order valence-corrected chi connectivity index (χ2v) is 14.7. The predicted octanol–water partition coefficient (Wildman–Crippen LogP) is 4.82. The number of nitrogens with zero attached hydrogens (tertiary/aromatic N) is 2. The number of aromatic nitrogens is 4. The number of hydrogen-bond donors (Lipinski definition) is 2. The summed E-state index contributed by atoms with van der Waals surface area (Å²) < 4.78 is 90.4. The third kappa shape index (κ3) is 20.9. The fourth-order valence-corrected chi connectivity index (χ4v) is 6.30. The van der Waals surface area contributed by atoms with Gasteiger partial charge < -0.3 is 85.8 Å². The summed E-state index contributed by atoms with van der Waals surface area (Å²) in [6, 6.07) is 11.5. The van der Waals surface area contributed by atoms with Crippen molar-refractivity contribution in [2.75, 3.05) is 187 Å². The van der Waals surface area contributed by atoms with Crippen molar-refractivity contribution in [3.05, 3.63) is 59.2 Å². The Labute approximate surface area is 398 Å². The van der Waals surface area contributed by atoms with Crippen LogP contribution in [0.3, 0.4) is 0 Å². The molecule has 0 atom stereocenters. The number of fused-ring (bicyclic) bond motifs is 8. The van der Waals surface area contributed by atoms with E-state index in [1.807, 2.05) is 48.6 Å². The molecule has 0 fully saturated rings. The third-order valence-electron chi connectivity index (χ3n) is 9.55. The lowest BCUT2D eigenvalue weighted by Gasteiger charge is -2.09. The average Bonchev–Trinajstić information content (AvgIpc) is 4.12. The molecule has 20 heteroatoms. The van der Waals surface area contributed by atoms with E-state index in [9.17, 15) is 0 Å². The quantitative estimate of drug-likeness (QED) is 0.0734. The summed E-state index contributed by atoms with van der Waals surface area (Å²) in [5, 5.41) is 0. The minimum atomic E-state index is 0.281. The van der Waals surface area contributed by atoms with E-state index < -0.39 is 0 Å². The highest BCUT2D eigenvalue weighted by atomic mass is 16.6. The van der Waals surface area contributed by atoms with Gasteiger partial charge in [0, 0.05) is 63.8 Å². The maximum absolute atomic E-state index is 6.31. The van der Waals surface area contributed by atoms with Crippen LogP contribution < -0.4 is 9.47 Å². The van der Waals surface area contributed by atoms with Crippen LogP contribution in [-0.4, -0.2) is 207 Å². The van der Waals surface area contributed by atoms with Gasteiger partial charge in [-0.05, 0) is 24.3 Å². The van der Waals surface area contributed by atoms with Crippen molar-refractivity contribution in [2.24, 2.45) is 0 Å². The first kappa shape index (κ1) is 54.3. The molecule has 68 heavy (non-hydrogen) atoms. The van der Waals surface area contributed by atoms with Crippen LogP contribution in [-0.2, 0) is 66.3 Å². The largest absolute Gasteiger partial charge is 0.489 e. The number of methoxy groups -OCH3 is 4. The summed E-state index contributed by atoms with van der Waals surface area (Å²) in [5.74, 6) is 2.31. The molecule has 0 amide bonds. The van der Waals surface area contributed by atoms with Crippen LogP contribution in [0, 0.1) is 0 Å². The van der Waals surface area contributed by atoms with Crippen molar-refractivity contribution < 1.29 is 75.8 Å². The van der Waals surface area contributed by atoms with Crippen molar-refractivity contribution in [1.82, 2.24) is 19.9 Å². The lowest BCUT2D eigenvalue weighted by Crippen LogP contribution is -2.12. The lowest BCUT2D eigenvalue weighted by atomic mass is 10.2. The highest BCUT2D eigenvalue weighted by molar-refractivity contribution is 5.85. The zero-order valence-corrected chi connectivity index (χ0v) is 40.0. The van der Waals surface area contributed by atoms with Gasteiger partial charge in [0.25, 0.3) is 0 Å². The molecule has 0 unspecified atom stereocenters. The molecule has 0 aliphatic carbocycles. The van der Waals surface area contributed by atoms with Crippen molar-refractivity contribution in [3.63, 3.8) is 0 Å². The van der Waals surface area contributed by atoms with Crippen LogP contribution in [0.15, 0.2) is 36.4 Å². The fourth-order valence-electron chi connectivity index (χ4n) is 6.30. The molecule has 2 aliphatic heterocycles. The molecule has 0 saturated carbocycles. The SMILES string of the molecule is COCCOCCOCCOC1=Cc2cc3cc(OCCOCCOCCOC)c(cc4[nH]c(cc5nc(cc1n2)C(OCCOCCOCCOC)=C5)cc4OCCOCCOCCOC)[nH]3. The van der Waals surface area contributed by atoms with Crippen LogP contribution in [0.25, 0.3) is 45.7 Å². The van der Waals surface area contributed by atoms with Crippen molar-refractivity contribution in [1.29, 1.82) is 0 Å². The van der Waals surface area contributed by atoms with E-state index in [1.165, 1.54) is 0 Å². The number of H-pyrrole nitrogens is 2. The Hall–Kier alpha value is -4.68. The van der Waals surface area contributed by atoms with Crippen LogP contribution in [0.2, 0.25) is 0 Å². The Morgan fingerprint density at radius 1 is 0.324 bits per heavy atom. The third-order valence-corrected chi connectivity index (χ3v) is 9.55. The summed E-state index contributed by atoms with van der Waals surface area (Å²) in [5.41, 5.74) is 5.26. The molecule has 8 bridgehead atoms. The molecule has 20 nitrogen and oxygen atoms in total. The number of aromatic amines is 2. The van der Waals surface area contributed by atoms with E-state index in [0.29, 0.717) is 202 Å². The summed E-state index contributed by atoms with van der Waals surface area (Å²) in [6.45, 7) is 10.2. The van der Waals surface area contributed by atoms with E-state index in [-0.39, 0.29) is 13.2 Å². The first-order valence-corrected chi connectivity index (χ1v) is 22.9. The molecule has 5 heterocycles. The first-order chi connectivity index (χ1) is 33.6. The molecule has 3 aromatic rings. The van der Waals surface area contributed by atoms with Gasteiger partial charge in [-0.25, -0.2) is 9.97 Å². The number of ether oxygens (including phenoxy) is 16. The van der Waals surface area contributed by atoms with Gasteiger partial charge >= 0.3 is 0 Å². The van der Waals surface area contributed by atoms with Crippen LogP contribution in [0.5, 0.6) is 11.5 Å². The standard InChI is InChI=1S/C48H70N4O16/c1-53-5-9-57-13-17-61-21-25-65-45-31-37-29-38-32-47(67-27-23-63-19-15-59-11-7-55-3)43(51-38)36-44-48(68-28-24-64-20-16-60-12-8-56-4)34-40(52-44)30-39-33-46(42(50-39)35-41(45)49-37)66-26-22-62-18-14-58-10-6-54-2/h29-36,49-50H,5-28H2,1-4H3. The number of nitrogens with one attached hydrogen (secondary N) is 2. The molecule has 0 saturated heterocycles. The topological polar surface area (TPSA) is 205 Å². The Bertz CT molecular complexity index is 1940. The number of rotatable bonds is 40. The Morgan fingerprint density at radius 3 is 0.941 bits per heavy atom. The van der Waals surface area contributed by atoms with E-state index in [2.05, 4.69) is 9.97 Å². The number of hydrogen-bond acceptors (Lipinski definition) is 18. The molecule has 0 spiro atoms. The van der Waals surface area contributed by atoms with E-state index in [4.69, 9.17) is 85.8 Å². The molecular weight excluding hydrogens is 889 g/mol. The zero-order valence-electron chi connectivity index (χ0n) is 40.0. The van der Waals surface area contributed by atoms with E-state index in [1.54, 1.807) is 28.4 Å². The van der Waals surface area contributed by atoms with Gasteiger partial charge in [0.2, 0.25) is 0 Å². The van der Waals surface area contributed by atoms with Crippen LogP contribution >= 0.6 is 0 Å². The molecule has 2 N–H and O–H groups in total. The van der Waals surface area contributed by atoms with Gasteiger partial charge in [0.15, 0.2) is 0 Å². The molecule has 5 rings (SSSR count). The summed E-state index contributed by atoms with van der Waals surface area (Å²) >= 11 is 0. The summed E-state index contributed by atoms with van der Waals surface area (Å²) in [7, 11) is 6.55. The normalized spacial score (nSPS) is 12.4. The average molecular weight is 959 g/mol. The second kappa shape index (κ2) is 33.8. The van der Waals surface area contributed by atoms with Gasteiger partial charge in [-0.1, -0.05) is 0 Å². The molecule has 0 aromatic carbocycles. The maximum Gasteiger partial charge on any atom is 0.147 e. The fraction of sp³-hybridized carbons (Fsp3) is 0.583. The van der Waals surface area contributed by atoms with Gasteiger partial charge in [-0.15, -0.1) is 0 Å². The smallest absolute Gasteiger partial charge is 0.147 e. The van der Waals surface area contributed by atoms with Crippen molar-refractivity contribution >= 4 is 45.7 Å². The molecule has 3 aromatic heterocycles. The van der Waals surface area contributed by atoms with E-state index in [0.717, 1.165) is 11.0 Å². The zero-order chi connectivity index (χ0) is 47.7. The van der Waals surface area contributed by atoms with Gasteiger partial charge in [-0.3, -0.25) is 0 Å². The van der Waals surface area contributed by atoms with Gasteiger partial charge in [-0.2, -0.15) is 0 Å². The van der Waals surface area contributed by atoms with Crippen LogP contribution in [0.1, 0.15) is 22.8 Å². The highest BCUT2D eigenvalue weighted by Crippen LogP contribution is 2.31. The highest BCUT2D eigenvalue weighted by Gasteiger charge is 2.18. The minimum Gasteiger partial charge on any atom is -0.489 e. The minimum absolute atomic E-state index is 0.281. The van der Waals surface area contributed by atoms with E-state index >= 15 is 0 Å². The first-order valence-electron chi connectivity index (χ1n) is 22.9. The summed E-state index contributed by atoms with van der Waals surface area (Å²) in [4.78, 5) is 17.0. The molecular formula is C48H70N4O16.